The third-order valence-corrected chi connectivity index (χ3v) is 7.77. The number of ether oxygens (including phenoxy) is 1. The van der Waals surface area contributed by atoms with E-state index in [0.717, 1.165) is 4.47 Å². The maximum Gasteiger partial charge on any atom is 0.275 e. The second-order valence-corrected chi connectivity index (χ2v) is 10.9. The molecular weight excluding hydrogens is 615 g/mol. The quantitative estimate of drug-likeness (QED) is 0.178. The van der Waals surface area contributed by atoms with Crippen LogP contribution in [0.2, 0.25) is 10.0 Å². The Labute approximate surface area is 248 Å². The zero-order chi connectivity index (χ0) is 28.6. The van der Waals surface area contributed by atoms with Crippen LogP contribution in [0.3, 0.4) is 0 Å². The molecule has 10 heteroatoms. The summed E-state index contributed by atoms with van der Waals surface area (Å²) in [6, 6.07) is 19.6. The highest BCUT2D eigenvalue weighted by molar-refractivity contribution is 9.10. The predicted molar refractivity (Wildman–Crippen MR) is 163 cm³/mol. The number of nitrogens with zero attached hydrogens (tertiary/aromatic N) is 2. The van der Waals surface area contributed by atoms with Crippen LogP contribution in [0.15, 0.2) is 93.4 Å². The number of aromatic amines is 2. The molecule has 0 atom stereocenters. The first-order valence-electron chi connectivity index (χ1n) is 12.4. The zero-order valence-corrected chi connectivity index (χ0v) is 24.8. The van der Waals surface area contributed by atoms with Gasteiger partial charge in [0, 0.05) is 21.4 Å². The molecule has 0 aliphatic carbocycles. The summed E-state index contributed by atoms with van der Waals surface area (Å²) >= 11 is 16.5. The van der Waals surface area contributed by atoms with Gasteiger partial charge in [0.1, 0.15) is 12.4 Å². The van der Waals surface area contributed by atoms with Crippen molar-refractivity contribution in [3.63, 3.8) is 0 Å². The van der Waals surface area contributed by atoms with Crippen LogP contribution in [0.25, 0.3) is 11.4 Å². The number of aromatic nitrogens is 4. The first kappa shape index (κ1) is 27.8. The molecule has 0 unspecified atom stereocenters. The monoisotopic (exact) mass is 638 g/mol. The molecule has 0 spiro atoms. The van der Waals surface area contributed by atoms with Gasteiger partial charge in [-0.15, -0.1) is 0 Å². The maximum atomic E-state index is 14.2. The lowest BCUT2D eigenvalue weighted by atomic mass is 9.84. The van der Waals surface area contributed by atoms with Crippen LogP contribution < -0.4 is 15.9 Å². The van der Waals surface area contributed by atoms with Gasteiger partial charge >= 0.3 is 0 Å². The predicted octanol–water partition coefficient (Wildman–Crippen LogP) is 7.08. The average Bonchev–Trinajstić information content (AvgIpc) is 3.39. The van der Waals surface area contributed by atoms with Crippen molar-refractivity contribution < 1.29 is 4.74 Å². The van der Waals surface area contributed by atoms with Gasteiger partial charge in [0.15, 0.2) is 0 Å². The first-order chi connectivity index (χ1) is 19.2. The van der Waals surface area contributed by atoms with Gasteiger partial charge < -0.3 is 4.74 Å². The Hall–Kier alpha value is -3.72. The summed E-state index contributed by atoms with van der Waals surface area (Å²) in [5.41, 5.74) is 2.87. The van der Waals surface area contributed by atoms with Gasteiger partial charge in [-0.05, 0) is 56.3 Å². The Morgan fingerprint density at radius 1 is 0.875 bits per heavy atom. The number of halogens is 3. The van der Waals surface area contributed by atoms with Crippen molar-refractivity contribution in [3.8, 4) is 17.1 Å². The number of hydrogen-bond donors (Lipinski definition) is 2. The summed E-state index contributed by atoms with van der Waals surface area (Å²) < 4.78 is 9.59. The van der Waals surface area contributed by atoms with E-state index in [-0.39, 0.29) is 17.7 Å². The fourth-order valence-electron chi connectivity index (χ4n) is 4.88. The van der Waals surface area contributed by atoms with Gasteiger partial charge in [-0.25, -0.2) is 9.36 Å². The third kappa shape index (κ3) is 4.98. The first-order valence-corrected chi connectivity index (χ1v) is 13.9. The van der Waals surface area contributed by atoms with Gasteiger partial charge in [-0.2, -0.15) is 0 Å². The van der Waals surface area contributed by atoms with Crippen molar-refractivity contribution in [1.82, 2.24) is 19.6 Å². The highest BCUT2D eigenvalue weighted by Gasteiger charge is 2.33. The Balaban J connectivity index is 1.84. The lowest BCUT2D eigenvalue weighted by Crippen LogP contribution is -2.26. The largest absolute Gasteiger partial charge is 0.489 e. The summed E-state index contributed by atoms with van der Waals surface area (Å²) in [7, 11) is 0. The van der Waals surface area contributed by atoms with Crippen LogP contribution in [-0.2, 0) is 0 Å². The molecule has 0 saturated heterocycles. The van der Waals surface area contributed by atoms with Crippen LogP contribution in [0, 0.1) is 13.8 Å². The van der Waals surface area contributed by atoms with Gasteiger partial charge in [-0.1, -0.05) is 76.1 Å². The van der Waals surface area contributed by atoms with Crippen LogP contribution in [0.5, 0.6) is 5.75 Å². The van der Waals surface area contributed by atoms with E-state index in [0.29, 0.717) is 55.2 Å². The summed E-state index contributed by atoms with van der Waals surface area (Å²) in [4.78, 5) is 28.3. The lowest BCUT2D eigenvalue weighted by Gasteiger charge is -2.20. The van der Waals surface area contributed by atoms with Crippen molar-refractivity contribution in [2.45, 2.75) is 19.8 Å². The van der Waals surface area contributed by atoms with Crippen LogP contribution in [0.4, 0.5) is 0 Å². The van der Waals surface area contributed by atoms with Crippen LogP contribution in [0.1, 0.15) is 34.0 Å². The van der Waals surface area contributed by atoms with Crippen molar-refractivity contribution in [1.29, 1.82) is 0 Å². The van der Waals surface area contributed by atoms with Crippen LogP contribution >= 0.6 is 39.1 Å². The van der Waals surface area contributed by atoms with Gasteiger partial charge in [-0.3, -0.25) is 19.8 Å². The molecule has 40 heavy (non-hydrogen) atoms. The molecule has 5 aromatic rings. The fraction of sp³-hybridized carbons (Fsp3) is 0.133. The number of hydrogen-bond acceptors (Lipinski definition) is 3. The van der Waals surface area contributed by atoms with E-state index in [1.807, 2.05) is 12.1 Å². The Morgan fingerprint density at radius 2 is 1.38 bits per heavy atom. The SMILES string of the molecule is C=CCOc1ccc(Br)cc1C(c1c(C)[nH]n(-c2ccccc2Cl)c1=O)c1c(C)[nH]n(-c2ccccc2Cl)c1=O. The third-order valence-electron chi connectivity index (χ3n) is 6.64. The minimum absolute atomic E-state index is 0.243. The highest BCUT2D eigenvalue weighted by Crippen LogP contribution is 2.39. The molecule has 3 aromatic carbocycles. The molecule has 2 aromatic heterocycles. The Kier molecular flexibility index (Phi) is 7.94. The minimum Gasteiger partial charge on any atom is -0.489 e. The molecule has 0 saturated carbocycles. The van der Waals surface area contributed by atoms with Crippen molar-refractivity contribution in [2.75, 3.05) is 6.61 Å². The lowest BCUT2D eigenvalue weighted by molar-refractivity contribution is 0.358. The minimum atomic E-state index is -0.808. The van der Waals surface area contributed by atoms with E-state index in [4.69, 9.17) is 27.9 Å². The second-order valence-electron chi connectivity index (χ2n) is 9.20. The van der Waals surface area contributed by atoms with Gasteiger partial charge in [0.25, 0.3) is 11.1 Å². The molecule has 0 aliphatic rings. The molecule has 7 nitrogen and oxygen atoms in total. The molecule has 0 fully saturated rings. The van der Waals surface area contributed by atoms with E-state index in [1.54, 1.807) is 74.5 Å². The van der Waals surface area contributed by atoms with E-state index in [2.05, 4.69) is 32.7 Å². The average molecular weight is 640 g/mol. The number of nitrogens with one attached hydrogen (secondary N) is 2. The highest BCUT2D eigenvalue weighted by atomic mass is 79.9. The van der Waals surface area contributed by atoms with Gasteiger partial charge in [0.2, 0.25) is 0 Å². The maximum absolute atomic E-state index is 14.2. The number of rotatable bonds is 8. The molecule has 2 N–H and O–H groups in total. The molecule has 5 rings (SSSR count). The molecule has 0 bridgehead atoms. The second kappa shape index (κ2) is 11.4. The Bertz CT molecular complexity index is 1750. The number of aryl methyl sites for hydroxylation is 2. The van der Waals surface area contributed by atoms with Crippen molar-refractivity contribution in [2.24, 2.45) is 0 Å². The topological polar surface area (TPSA) is 84.8 Å². The summed E-state index contributed by atoms with van der Waals surface area (Å²) in [6.45, 7) is 7.60. The smallest absolute Gasteiger partial charge is 0.275 e. The van der Waals surface area contributed by atoms with E-state index in [1.165, 1.54) is 9.36 Å². The standard InChI is InChI=1S/C30H25BrCl2N4O3/c1-4-15-40-25-14-13-19(31)16-20(25)28(26-17(2)34-36(29(26)38)23-11-7-5-9-21(23)32)27-18(3)35-37(30(27)39)24-12-8-6-10-22(24)33/h4-14,16,28,34-35H,1,15H2,2-3H3. The molecule has 0 amide bonds. The van der Waals surface area contributed by atoms with Crippen LogP contribution in [-0.4, -0.2) is 26.2 Å². The van der Waals surface area contributed by atoms with Crippen molar-refractivity contribution in [3.05, 3.63) is 143 Å². The Morgan fingerprint density at radius 3 is 1.85 bits per heavy atom. The normalized spacial score (nSPS) is 11.2. The molecular formula is C30H25BrCl2N4O3. The summed E-state index contributed by atoms with van der Waals surface area (Å²) in [6.07, 6.45) is 1.64. The molecule has 0 aliphatic heterocycles. The number of H-pyrrole nitrogens is 2. The van der Waals surface area contributed by atoms with Gasteiger partial charge in [0.05, 0.1) is 38.5 Å². The molecule has 0 radical (unpaired) electrons. The summed E-state index contributed by atoms with van der Waals surface area (Å²) in [5, 5.41) is 7.14. The van der Waals surface area contributed by atoms with E-state index >= 15 is 0 Å². The number of benzene rings is 3. The van der Waals surface area contributed by atoms with E-state index < -0.39 is 5.92 Å². The zero-order valence-electron chi connectivity index (χ0n) is 21.7. The van der Waals surface area contributed by atoms with Crippen molar-refractivity contribution >= 4 is 39.1 Å². The summed E-state index contributed by atoms with van der Waals surface area (Å²) in [5.74, 6) is -0.293. The fourth-order valence-corrected chi connectivity index (χ4v) is 5.70. The molecule has 2 heterocycles. The van der Waals surface area contributed by atoms with E-state index in [9.17, 15) is 9.59 Å². The number of para-hydroxylation sites is 2. The molecule has 204 valence electrons.